The van der Waals surface area contributed by atoms with Crippen LogP contribution in [0.3, 0.4) is 0 Å². The molecule has 1 atom stereocenters. The van der Waals surface area contributed by atoms with Crippen LogP contribution < -0.4 is 19.4 Å². The topological polar surface area (TPSA) is 80.0 Å². The molecule has 0 saturated carbocycles. The number of aliphatic hydroxyl groups is 1. The smallest absolute Gasteiger partial charge is 0.420 e. The number of halogens is 4. The van der Waals surface area contributed by atoms with E-state index in [1.807, 2.05) is 4.90 Å². The maximum atomic E-state index is 15.2. The number of thiocarbonyl (C=S) groups is 1. The van der Waals surface area contributed by atoms with Gasteiger partial charge in [0.1, 0.15) is 23.0 Å². The zero-order valence-corrected chi connectivity index (χ0v) is 19.7. The Morgan fingerprint density at radius 2 is 1.94 bits per heavy atom. The lowest BCUT2D eigenvalue weighted by molar-refractivity contribution is -0.140. The minimum atomic E-state index is -5.15. The van der Waals surface area contributed by atoms with Gasteiger partial charge in [-0.25, -0.2) is 4.39 Å². The number of aliphatic hydroxyl groups excluding tert-OH is 1. The molecule has 2 heterocycles. The molecule has 2 aliphatic rings. The van der Waals surface area contributed by atoms with Gasteiger partial charge in [-0.05, 0) is 56.4 Å². The maximum absolute atomic E-state index is 15.2. The van der Waals surface area contributed by atoms with Crippen molar-refractivity contribution in [2.45, 2.75) is 31.7 Å². The SMILES string of the molecule is CN1C[C@H](CO)Oc2ccc(N3C(=S)N(c4ccc(C#N)c(C(F)(F)F)c4F)C(=O)C3(C)C)cc21. The van der Waals surface area contributed by atoms with Crippen LogP contribution in [0.5, 0.6) is 5.75 Å². The average molecular weight is 508 g/mol. The number of alkyl halides is 3. The molecule has 0 bridgehead atoms. The van der Waals surface area contributed by atoms with Crippen LogP contribution in [-0.2, 0) is 11.0 Å². The largest absolute Gasteiger partial charge is 0.484 e. The molecule has 1 saturated heterocycles. The fraction of sp³-hybridized carbons (Fsp3) is 0.348. The first-order chi connectivity index (χ1) is 16.3. The highest BCUT2D eigenvalue weighted by Crippen LogP contribution is 2.44. The van der Waals surface area contributed by atoms with Gasteiger partial charge in [0.25, 0.3) is 5.91 Å². The highest BCUT2D eigenvalue weighted by atomic mass is 32.1. The monoisotopic (exact) mass is 508 g/mol. The lowest BCUT2D eigenvalue weighted by atomic mass is 10.0. The van der Waals surface area contributed by atoms with Crippen LogP contribution >= 0.6 is 12.2 Å². The van der Waals surface area contributed by atoms with Crippen molar-refractivity contribution < 1.29 is 32.2 Å². The highest BCUT2D eigenvalue weighted by Gasteiger charge is 2.52. The van der Waals surface area contributed by atoms with Gasteiger partial charge in [0.05, 0.1) is 36.2 Å². The molecule has 2 aromatic rings. The van der Waals surface area contributed by atoms with E-state index in [2.05, 4.69) is 0 Å². The number of ether oxygens (including phenoxy) is 1. The van der Waals surface area contributed by atoms with Crippen LogP contribution in [-0.4, -0.2) is 48.0 Å². The quantitative estimate of drug-likeness (QED) is 0.499. The number of nitrogens with zero attached hydrogens (tertiary/aromatic N) is 4. The molecule has 0 aliphatic carbocycles. The fourth-order valence-corrected chi connectivity index (χ4v) is 4.82. The minimum Gasteiger partial charge on any atom is -0.484 e. The summed E-state index contributed by atoms with van der Waals surface area (Å²) in [6.45, 7) is 3.28. The van der Waals surface area contributed by atoms with E-state index in [0.29, 0.717) is 23.7 Å². The van der Waals surface area contributed by atoms with Crippen molar-refractivity contribution in [2.75, 3.05) is 34.9 Å². The van der Waals surface area contributed by atoms with Gasteiger partial charge in [0, 0.05) is 12.7 Å². The third-order valence-electron chi connectivity index (χ3n) is 6.02. The number of carbonyl (C=O) groups is 1. The second-order valence-electron chi connectivity index (χ2n) is 8.70. The Kier molecular flexibility index (Phi) is 5.89. The molecular weight excluding hydrogens is 488 g/mol. The van der Waals surface area contributed by atoms with Crippen LogP contribution in [0.2, 0.25) is 0 Å². The number of rotatable bonds is 3. The van der Waals surface area contributed by atoms with Crippen LogP contribution in [0.1, 0.15) is 25.0 Å². The summed E-state index contributed by atoms with van der Waals surface area (Å²) in [5, 5.41) is 18.2. The molecule has 2 aliphatic heterocycles. The molecule has 0 spiro atoms. The average Bonchev–Trinajstić information content (AvgIpc) is 2.96. The van der Waals surface area contributed by atoms with E-state index in [-0.39, 0.29) is 11.7 Å². The number of fused-ring (bicyclic) bond motifs is 1. The maximum Gasteiger partial charge on any atom is 0.420 e. The van der Waals surface area contributed by atoms with Gasteiger partial charge in [0.15, 0.2) is 10.9 Å². The lowest BCUT2D eigenvalue weighted by Crippen LogP contribution is -2.44. The van der Waals surface area contributed by atoms with E-state index in [1.165, 1.54) is 24.8 Å². The number of benzene rings is 2. The van der Waals surface area contributed by atoms with Crippen molar-refractivity contribution in [3.05, 3.63) is 47.3 Å². The highest BCUT2D eigenvalue weighted by molar-refractivity contribution is 7.81. The summed E-state index contributed by atoms with van der Waals surface area (Å²) < 4.78 is 61.5. The van der Waals surface area contributed by atoms with Gasteiger partial charge in [-0.2, -0.15) is 18.4 Å². The molecule has 184 valence electrons. The first-order valence-corrected chi connectivity index (χ1v) is 10.8. The zero-order valence-electron chi connectivity index (χ0n) is 18.9. The number of likely N-dealkylation sites (N-methyl/N-ethyl adjacent to an activating group) is 1. The molecule has 1 fully saturated rings. The first-order valence-electron chi connectivity index (χ1n) is 10.4. The van der Waals surface area contributed by atoms with E-state index >= 15 is 4.39 Å². The van der Waals surface area contributed by atoms with Gasteiger partial charge in [0.2, 0.25) is 0 Å². The summed E-state index contributed by atoms with van der Waals surface area (Å²) in [4.78, 5) is 17.4. The van der Waals surface area contributed by atoms with Gasteiger partial charge >= 0.3 is 6.18 Å². The number of anilines is 3. The van der Waals surface area contributed by atoms with E-state index in [4.69, 9.17) is 22.2 Å². The van der Waals surface area contributed by atoms with Gasteiger partial charge in [-0.15, -0.1) is 0 Å². The Bertz CT molecular complexity index is 1270. The number of hydrogen-bond acceptors (Lipinski definition) is 6. The Morgan fingerprint density at radius 1 is 1.26 bits per heavy atom. The van der Waals surface area contributed by atoms with Crippen LogP contribution in [0, 0.1) is 17.1 Å². The number of amides is 1. The van der Waals surface area contributed by atoms with E-state index in [0.717, 1.165) is 17.0 Å². The predicted molar refractivity (Wildman–Crippen MR) is 124 cm³/mol. The summed E-state index contributed by atoms with van der Waals surface area (Å²) >= 11 is 5.47. The van der Waals surface area contributed by atoms with E-state index in [1.54, 1.807) is 25.2 Å². The number of hydrogen-bond donors (Lipinski definition) is 1. The van der Waals surface area contributed by atoms with Crippen molar-refractivity contribution in [3.63, 3.8) is 0 Å². The third-order valence-corrected chi connectivity index (χ3v) is 6.39. The predicted octanol–water partition coefficient (Wildman–Crippen LogP) is 3.82. The summed E-state index contributed by atoms with van der Waals surface area (Å²) in [6.07, 6.45) is -5.57. The van der Waals surface area contributed by atoms with Crippen molar-refractivity contribution in [3.8, 4) is 11.8 Å². The second-order valence-corrected chi connectivity index (χ2v) is 9.07. The van der Waals surface area contributed by atoms with Gasteiger partial charge in [-0.3, -0.25) is 9.69 Å². The summed E-state index contributed by atoms with van der Waals surface area (Å²) in [5.74, 6) is -1.99. The molecule has 12 heteroatoms. The van der Waals surface area contributed by atoms with Crippen LogP contribution in [0.4, 0.5) is 34.6 Å². The Labute approximate surface area is 203 Å². The summed E-state index contributed by atoms with van der Waals surface area (Å²) in [6, 6.07) is 8.05. The molecule has 35 heavy (non-hydrogen) atoms. The normalized spacial score (nSPS) is 19.5. The second kappa shape index (κ2) is 8.35. The molecule has 7 nitrogen and oxygen atoms in total. The fourth-order valence-electron chi connectivity index (χ4n) is 4.31. The molecule has 2 aromatic carbocycles. The summed E-state index contributed by atoms with van der Waals surface area (Å²) in [5.41, 5.74) is -3.61. The number of carbonyl (C=O) groups excluding carboxylic acids is 1. The first kappa shape index (κ1) is 24.7. The molecule has 1 amide bonds. The molecule has 0 radical (unpaired) electrons. The molecule has 4 rings (SSSR count). The third kappa shape index (κ3) is 3.84. The number of nitriles is 1. The van der Waals surface area contributed by atoms with Crippen molar-refractivity contribution in [2.24, 2.45) is 0 Å². The van der Waals surface area contributed by atoms with Crippen molar-refractivity contribution >= 4 is 40.3 Å². The minimum absolute atomic E-state index is 0.172. The lowest BCUT2D eigenvalue weighted by Gasteiger charge is -2.35. The van der Waals surface area contributed by atoms with E-state index in [9.17, 15) is 23.1 Å². The molecular formula is C23H20F4N4O3S. The van der Waals surface area contributed by atoms with Gasteiger partial charge in [-0.1, -0.05) is 0 Å². The van der Waals surface area contributed by atoms with Crippen LogP contribution in [0.25, 0.3) is 0 Å². The molecule has 0 unspecified atom stereocenters. The Balaban J connectivity index is 1.80. The van der Waals surface area contributed by atoms with Crippen LogP contribution in [0.15, 0.2) is 30.3 Å². The Hall–Kier alpha value is -3.43. The van der Waals surface area contributed by atoms with Crippen molar-refractivity contribution in [1.29, 1.82) is 5.26 Å². The van der Waals surface area contributed by atoms with E-state index < -0.39 is 46.4 Å². The van der Waals surface area contributed by atoms with Gasteiger partial charge < -0.3 is 19.6 Å². The standard InChI is InChI=1S/C23H20F4N4O3S/c1-22(2)20(33)30(15-6-4-12(9-28)18(19(15)24)23(25,26)27)21(35)31(22)13-5-7-17-16(8-13)29(3)10-14(11-32)34-17/h4-8,14,32H,10-11H2,1-3H3/t14-/m1/s1. The molecule has 0 aromatic heterocycles. The summed E-state index contributed by atoms with van der Waals surface area (Å²) in [7, 11) is 1.80. The van der Waals surface area contributed by atoms with Crippen molar-refractivity contribution in [1.82, 2.24) is 0 Å². The Morgan fingerprint density at radius 3 is 2.54 bits per heavy atom. The molecule has 1 N–H and O–H groups in total. The zero-order chi connectivity index (χ0) is 25.9.